The molecule has 23 heavy (non-hydrogen) atoms. The molecule has 1 amide bonds. The minimum atomic E-state index is -0.515. The molecule has 128 valence electrons. The van der Waals surface area contributed by atoms with Crippen LogP contribution in [-0.2, 0) is 0 Å². The van der Waals surface area contributed by atoms with Crippen LogP contribution in [0.2, 0.25) is 0 Å². The van der Waals surface area contributed by atoms with Crippen LogP contribution in [0.3, 0.4) is 0 Å². The monoisotopic (exact) mass is 336 g/mol. The van der Waals surface area contributed by atoms with E-state index in [4.69, 9.17) is 0 Å². The van der Waals surface area contributed by atoms with Gasteiger partial charge in [0, 0.05) is 38.1 Å². The lowest BCUT2D eigenvalue weighted by Gasteiger charge is -2.38. The lowest BCUT2D eigenvalue weighted by atomic mass is 9.79. The van der Waals surface area contributed by atoms with Crippen LogP contribution in [0.25, 0.3) is 0 Å². The normalized spacial score (nSPS) is 30.2. The van der Waals surface area contributed by atoms with E-state index < -0.39 is 5.60 Å². The Morgan fingerprint density at radius 2 is 2.09 bits per heavy atom. The van der Waals surface area contributed by atoms with Crippen molar-refractivity contribution in [2.45, 2.75) is 44.6 Å². The first-order valence-electron chi connectivity index (χ1n) is 8.82. The van der Waals surface area contributed by atoms with E-state index >= 15 is 0 Å². The van der Waals surface area contributed by atoms with Gasteiger partial charge in [-0.1, -0.05) is 6.92 Å². The predicted octanol–water partition coefficient (Wildman–Crippen LogP) is 2.84. The number of rotatable bonds is 3. The highest BCUT2D eigenvalue weighted by Crippen LogP contribution is 2.32. The van der Waals surface area contributed by atoms with E-state index in [9.17, 15) is 9.90 Å². The molecule has 0 atom stereocenters. The van der Waals surface area contributed by atoms with Gasteiger partial charge >= 0.3 is 0 Å². The summed E-state index contributed by atoms with van der Waals surface area (Å²) < 4.78 is 0. The third-order valence-electron chi connectivity index (χ3n) is 5.37. The summed E-state index contributed by atoms with van der Waals surface area (Å²) >= 11 is 1.57. The molecule has 1 N–H and O–H groups in total. The van der Waals surface area contributed by atoms with E-state index in [1.54, 1.807) is 11.3 Å². The van der Waals surface area contributed by atoms with Crippen molar-refractivity contribution in [2.75, 3.05) is 32.7 Å². The number of hydrogen-bond donors (Lipinski definition) is 1. The van der Waals surface area contributed by atoms with E-state index in [1.807, 2.05) is 21.7 Å². The highest BCUT2D eigenvalue weighted by atomic mass is 32.1. The smallest absolute Gasteiger partial charge is 0.254 e. The first kappa shape index (κ1) is 16.9. The molecule has 1 aliphatic heterocycles. The molecule has 1 aromatic rings. The molecule has 0 bridgehead atoms. The zero-order valence-corrected chi connectivity index (χ0v) is 14.9. The minimum absolute atomic E-state index is 0.151. The van der Waals surface area contributed by atoms with Crippen molar-refractivity contribution in [2.24, 2.45) is 5.92 Å². The van der Waals surface area contributed by atoms with Crippen molar-refractivity contribution in [1.82, 2.24) is 9.80 Å². The number of aliphatic hydroxyl groups is 1. The Balaban J connectivity index is 1.53. The second-order valence-corrected chi connectivity index (χ2v) is 8.12. The zero-order valence-electron chi connectivity index (χ0n) is 14.0. The summed E-state index contributed by atoms with van der Waals surface area (Å²) in [7, 11) is 0. The second-order valence-electron chi connectivity index (χ2n) is 7.34. The van der Waals surface area contributed by atoms with Crippen molar-refractivity contribution >= 4 is 17.2 Å². The van der Waals surface area contributed by atoms with Crippen molar-refractivity contribution in [1.29, 1.82) is 0 Å². The van der Waals surface area contributed by atoms with Crippen LogP contribution in [0.1, 0.15) is 49.4 Å². The molecule has 0 aromatic carbocycles. The summed E-state index contributed by atoms with van der Waals surface area (Å²) in [6, 6.07) is 1.90. The molecule has 1 aromatic heterocycles. The molecule has 0 unspecified atom stereocenters. The predicted molar refractivity (Wildman–Crippen MR) is 93.9 cm³/mol. The van der Waals surface area contributed by atoms with Gasteiger partial charge in [0.1, 0.15) is 0 Å². The molecule has 1 saturated carbocycles. The summed E-state index contributed by atoms with van der Waals surface area (Å²) in [6.45, 7) is 6.47. The fourth-order valence-electron chi connectivity index (χ4n) is 3.77. The molecule has 4 nitrogen and oxygen atoms in total. The van der Waals surface area contributed by atoms with Gasteiger partial charge in [-0.15, -0.1) is 0 Å². The van der Waals surface area contributed by atoms with Crippen LogP contribution in [0.15, 0.2) is 16.8 Å². The van der Waals surface area contributed by atoms with Crippen molar-refractivity contribution in [3.63, 3.8) is 0 Å². The Labute approximate surface area is 143 Å². The summed E-state index contributed by atoms with van der Waals surface area (Å²) in [5.74, 6) is 0.899. The number of thiophene rings is 1. The first-order chi connectivity index (χ1) is 11.1. The number of carbonyl (C=O) groups excluding carboxylic acids is 1. The fraction of sp³-hybridized carbons (Fsp3) is 0.722. The number of hydrogen-bond acceptors (Lipinski definition) is 4. The topological polar surface area (TPSA) is 43.8 Å². The summed E-state index contributed by atoms with van der Waals surface area (Å²) in [6.07, 6.45) is 5.09. The maximum Gasteiger partial charge on any atom is 0.254 e. The molecule has 0 radical (unpaired) electrons. The van der Waals surface area contributed by atoms with Gasteiger partial charge < -0.3 is 10.0 Å². The molecule has 2 aliphatic rings. The Bertz CT molecular complexity index is 509. The molecule has 1 saturated heterocycles. The first-order valence-corrected chi connectivity index (χ1v) is 9.76. The number of carbonyl (C=O) groups is 1. The van der Waals surface area contributed by atoms with Crippen LogP contribution < -0.4 is 0 Å². The van der Waals surface area contributed by atoms with Crippen molar-refractivity contribution in [3.05, 3.63) is 22.4 Å². The molecule has 2 fully saturated rings. The number of β-amino-alcohol motifs (C(OH)–C–C–N with tert-alkyl or cyclic N) is 1. The van der Waals surface area contributed by atoms with E-state index in [1.165, 1.54) is 0 Å². The molecule has 0 spiro atoms. The number of nitrogens with zero attached hydrogens (tertiary/aromatic N) is 2. The average Bonchev–Trinajstić information content (AvgIpc) is 2.98. The maximum atomic E-state index is 12.5. The van der Waals surface area contributed by atoms with Gasteiger partial charge in [-0.25, -0.2) is 0 Å². The molecule has 5 heteroatoms. The summed E-state index contributed by atoms with van der Waals surface area (Å²) in [4.78, 5) is 16.8. The quantitative estimate of drug-likeness (QED) is 0.923. The molecule has 1 aliphatic carbocycles. The second kappa shape index (κ2) is 7.32. The largest absolute Gasteiger partial charge is 0.389 e. The highest BCUT2D eigenvalue weighted by Gasteiger charge is 2.34. The maximum absolute atomic E-state index is 12.5. The minimum Gasteiger partial charge on any atom is -0.389 e. The zero-order chi connectivity index (χ0) is 16.3. The lowest BCUT2D eigenvalue weighted by Crippen LogP contribution is -2.46. The summed E-state index contributed by atoms with van der Waals surface area (Å²) in [5, 5.41) is 14.7. The van der Waals surface area contributed by atoms with E-state index in [0.29, 0.717) is 0 Å². The highest BCUT2D eigenvalue weighted by molar-refractivity contribution is 7.08. The van der Waals surface area contributed by atoms with Crippen molar-refractivity contribution in [3.8, 4) is 0 Å². The van der Waals surface area contributed by atoms with Gasteiger partial charge in [-0.05, 0) is 49.5 Å². The third kappa shape index (κ3) is 4.34. The lowest BCUT2D eigenvalue weighted by molar-refractivity contribution is -0.0341. The fourth-order valence-corrected chi connectivity index (χ4v) is 4.40. The van der Waals surface area contributed by atoms with E-state index in [0.717, 1.165) is 76.3 Å². The summed E-state index contributed by atoms with van der Waals surface area (Å²) in [5.41, 5.74) is 0.294. The van der Waals surface area contributed by atoms with E-state index in [-0.39, 0.29) is 5.91 Å². The number of amides is 1. The van der Waals surface area contributed by atoms with Gasteiger partial charge in [0.2, 0.25) is 0 Å². The van der Waals surface area contributed by atoms with Gasteiger partial charge in [-0.3, -0.25) is 9.69 Å². The Hall–Kier alpha value is -0.910. The third-order valence-corrected chi connectivity index (χ3v) is 6.05. The average molecular weight is 337 g/mol. The van der Waals surface area contributed by atoms with E-state index in [2.05, 4.69) is 11.8 Å². The van der Waals surface area contributed by atoms with Crippen LogP contribution >= 0.6 is 11.3 Å². The standard InChI is InChI=1S/C18H28N2O2S/c1-15-3-6-18(22,7-4-15)14-19-8-2-9-20(11-10-19)17(21)16-5-12-23-13-16/h5,12-13,15,22H,2-4,6-11,14H2,1H3. The van der Waals surface area contributed by atoms with Gasteiger partial charge in [0.15, 0.2) is 0 Å². The Morgan fingerprint density at radius 3 is 2.78 bits per heavy atom. The van der Waals surface area contributed by atoms with Crippen LogP contribution in [0, 0.1) is 5.92 Å². The van der Waals surface area contributed by atoms with Crippen LogP contribution in [-0.4, -0.2) is 59.1 Å². The van der Waals surface area contributed by atoms with Gasteiger partial charge in [-0.2, -0.15) is 11.3 Å². The van der Waals surface area contributed by atoms with Crippen LogP contribution in [0.5, 0.6) is 0 Å². The van der Waals surface area contributed by atoms with Gasteiger partial charge in [0.25, 0.3) is 5.91 Å². The molecule has 2 heterocycles. The molecular formula is C18H28N2O2S. The Kier molecular flexibility index (Phi) is 5.39. The van der Waals surface area contributed by atoms with Gasteiger partial charge in [0.05, 0.1) is 11.2 Å². The molecule has 3 rings (SSSR count). The molecular weight excluding hydrogens is 308 g/mol. The SMILES string of the molecule is CC1CCC(O)(CN2CCCN(C(=O)c3ccsc3)CC2)CC1. The van der Waals surface area contributed by atoms with Crippen LogP contribution in [0.4, 0.5) is 0 Å². The Morgan fingerprint density at radius 1 is 1.30 bits per heavy atom. The van der Waals surface area contributed by atoms with Crippen molar-refractivity contribution < 1.29 is 9.90 Å².